The average Bonchev–Trinajstić information content (AvgIpc) is 2.44. The van der Waals surface area contributed by atoms with Crippen LogP contribution >= 0.6 is 0 Å². The molecule has 0 N–H and O–H groups in total. The lowest BCUT2D eigenvalue weighted by Crippen LogP contribution is -2.10. The molecule has 2 aromatic carbocycles. The lowest BCUT2D eigenvalue weighted by molar-refractivity contribution is -0.119. The SMILES string of the molecule is COCCC(=O)CC(=O)c1cccc2ccccc12. The first-order chi connectivity index (χ1) is 9.22. The average molecular weight is 256 g/mol. The maximum absolute atomic E-state index is 12.2. The number of fused-ring (bicyclic) bond motifs is 1. The summed E-state index contributed by atoms with van der Waals surface area (Å²) in [5.41, 5.74) is 0.615. The first kappa shape index (κ1) is 13.4. The molecule has 0 aromatic heterocycles. The van der Waals surface area contributed by atoms with E-state index in [2.05, 4.69) is 0 Å². The van der Waals surface area contributed by atoms with Gasteiger partial charge in [-0.25, -0.2) is 0 Å². The first-order valence-electron chi connectivity index (χ1n) is 6.24. The van der Waals surface area contributed by atoms with Crippen molar-refractivity contribution >= 4 is 22.3 Å². The smallest absolute Gasteiger partial charge is 0.170 e. The molecule has 0 fully saturated rings. The van der Waals surface area contributed by atoms with Gasteiger partial charge >= 0.3 is 0 Å². The van der Waals surface area contributed by atoms with Crippen molar-refractivity contribution in [2.75, 3.05) is 13.7 Å². The van der Waals surface area contributed by atoms with Gasteiger partial charge < -0.3 is 4.74 Å². The lowest BCUT2D eigenvalue weighted by Gasteiger charge is -2.05. The Hall–Kier alpha value is -2.00. The predicted molar refractivity (Wildman–Crippen MR) is 74.4 cm³/mol. The number of methoxy groups -OCH3 is 1. The van der Waals surface area contributed by atoms with Gasteiger partial charge in [0.2, 0.25) is 0 Å². The normalized spacial score (nSPS) is 10.6. The molecule has 0 saturated carbocycles. The number of benzene rings is 2. The van der Waals surface area contributed by atoms with Crippen molar-refractivity contribution in [1.29, 1.82) is 0 Å². The fourth-order valence-electron chi connectivity index (χ4n) is 2.05. The first-order valence-corrected chi connectivity index (χ1v) is 6.24. The van der Waals surface area contributed by atoms with Gasteiger partial charge in [0.05, 0.1) is 13.0 Å². The van der Waals surface area contributed by atoms with Crippen molar-refractivity contribution in [2.24, 2.45) is 0 Å². The maximum Gasteiger partial charge on any atom is 0.170 e. The van der Waals surface area contributed by atoms with Crippen molar-refractivity contribution < 1.29 is 14.3 Å². The number of hydrogen-bond donors (Lipinski definition) is 0. The monoisotopic (exact) mass is 256 g/mol. The van der Waals surface area contributed by atoms with E-state index in [-0.39, 0.29) is 24.4 Å². The maximum atomic E-state index is 12.2. The molecule has 0 bridgehead atoms. The van der Waals surface area contributed by atoms with Crippen molar-refractivity contribution in [3.63, 3.8) is 0 Å². The molecule has 0 unspecified atom stereocenters. The fourth-order valence-corrected chi connectivity index (χ4v) is 2.05. The van der Waals surface area contributed by atoms with Crippen LogP contribution in [0.2, 0.25) is 0 Å². The van der Waals surface area contributed by atoms with Crippen LogP contribution < -0.4 is 0 Å². The van der Waals surface area contributed by atoms with Gasteiger partial charge in [0.25, 0.3) is 0 Å². The highest BCUT2D eigenvalue weighted by atomic mass is 16.5. The molecular formula is C16H16O3. The predicted octanol–water partition coefficient (Wildman–Crippen LogP) is 3.02. The molecular weight excluding hydrogens is 240 g/mol. The standard InChI is InChI=1S/C16H16O3/c1-19-10-9-13(17)11-16(18)15-8-4-6-12-5-2-3-7-14(12)15/h2-8H,9-11H2,1H3. The fraction of sp³-hybridized carbons (Fsp3) is 0.250. The Balaban J connectivity index is 2.20. The molecule has 2 aromatic rings. The van der Waals surface area contributed by atoms with Crippen LogP contribution in [0.3, 0.4) is 0 Å². The number of ketones is 2. The van der Waals surface area contributed by atoms with Crippen LogP contribution in [0.4, 0.5) is 0 Å². The van der Waals surface area contributed by atoms with Crippen LogP contribution in [-0.2, 0) is 9.53 Å². The minimum Gasteiger partial charge on any atom is -0.384 e. The molecule has 0 amide bonds. The zero-order valence-corrected chi connectivity index (χ0v) is 10.9. The minimum absolute atomic E-state index is 0.0582. The van der Waals surface area contributed by atoms with Gasteiger partial charge in [0.1, 0.15) is 5.78 Å². The second kappa shape index (κ2) is 6.25. The quantitative estimate of drug-likeness (QED) is 0.589. The molecule has 0 heterocycles. The van der Waals surface area contributed by atoms with Gasteiger partial charge in [0, 0.05) is 19.1 Å². The number of rotatable bonds is 6. The summed E-state index contributed by atoms with van der Waals surface area (Å²) in [7, 11) is 1.54. The van der Waals surface area contributed by atoms with Crippen molar-refractivity contribution in [1.82, 2.24) is 0 Å². The highest BCUT2D eigenvalue weighted by molar-refractivity contribution is 6.14. The minimum atomic E-state index is -0.127. The number of Topliss-reactive ketones (excluding diaryl/α,β-unsaturated/α-hetero) is 2. The molecule has 0 radical (unpaired) electrons. The largest absolute Gasteiger partial charge is 0.384 e. The highest BCUT2D eigenvalue weighted by Gasteiger charge is 2.13. The van der Waals surface area contributed by atoms with Gasteiger partial charge in [-0.05, 0) is 10.8 Å². The van der Waals surface area contributed by atoms with E-state index in [4.69, 9.17) is 4.74 Å². The molecule has 2 rings (SSSR count). The van der Waals surface area contributed by atoms with Crippen LogP contribution in [0.5, 0.6) is 0 Å². The lowest BCUT2D eigenvalue weighted by atomic mass is 9.98. The summed E-state index contributed by atoms with van der Waals surface area (Å²) in [5.74, 6) is -0.210. The van der Waals surface area contributed by atoms with Gasteiger partial charge in [-0.2, -0.15) is 0 Å². The van der Waals surface area contributed by atoms with Crippen LogP contribution in [0, 0.1) is 0 Å². The Morgan fingerprint density at radius 2 is 1.79 bits per heavy atom. The summed E-state index contributed by atoms with van der Waals surface area (Å²) in [5, 5.41) is 1.91. The third kappa shape index (κ3) is 3.26. The number of hydrogen-bond acceptors (Lipinski definition) is 3. The van der Waals surface area contributed by atoms with Gasteiger partial charge in [-0.15, -0.1) is 0 Å². The molecule has 3 heteroatoms. The summed E-state index contributed by atoms with van der Waals surface area (Å²) in [4.78, 5) is 23.8. The van der Waals surface area contributed by atoms with E-state index in [0.717, 1.165) is 10.8 Å². The van der Waals surface area contributed by atoms with E-state index in [1.165, 1.54) is 0 Å². The van der Waals surface area contributed by atoms with E-state index < -0.39 is 0 Å². The van der Waals surface area contributed by atoms with Gasteiger partial charge in [0.15, 0.2) is 5.78 Å². The molecule has 0 saturated heterocycles. The molecule has 0 spiro atoms. The molecule has 19 heavy (non-hydrogen) atoms. The molecule has 0 aliphatic carbocycles. The zero-order valence-electron chi connectivity index (χ0n) is 10.9. The second-order valence-electron chi connectivity index (χ2n) is 4.41. The molecule has 3 nitrogen and oxygen atoms in total. The molecule has 0 atom stereocenters. The Labute approximate surface area is 112 Å². The summed E-state index contributed by atoms with van der Waals surface area (Å²) >= 11 is 0. The second-order valence-corrected chi connectivity index (χ2v) is 4.41. The number of carbonyl (C=O) groups is 2. The van der Waals surface area contributed by atoms with E-state index >= 15 is 0 Å². The summed E-state index contributed by atoms with van der Waals surface area (Å²) in [6.45, 7) is 0.363. The van der Waals surface area contributed by atoms with E-state index in [1.807, 2.05) is 36.4 Å². The van der Waals surface area contributed by atoms with E-state index in [0.29, 0.717) is 12.2 Å². The Bertz CT molecular complexity index is 596. The van der Waals surface area contributed by atoms with E-state index in [1.54, 1.807) is 13.2 Å². The van der Waals surface area contributed by atoms with Crippen molar-refractivity contribution in [2.45, 2.75) is 12.8 Å². The molecule has 98 valence electrons. The molecule has 0 aliphatic heterocycles. The topological polar surface area (TPSA) is 43.4 Å². The third-order valence-corrected chi connectivity index (χ3v) is 3.03. The van der Waals surface area contributed by atoms with Gasteiger partial charge in [-0.3, -0.25) is 9.59 Å². The van der Waals surface area contributed by atoms with Crippen LogP contribution in [0.1, 0.15) is 23.2 Å². The van der Waals surface area contributed by atoms with Crippen molar-refractivity contribution in [3.05, 3.63) is 48.0 Å². The highest BCUT2D eigenvalue weighted by Crippen LogP contribution is 2.20. The van der Waals surface area contributed by atoms with E-state index in [9.17, 15) is 9.59 Å². The Morgan fingerprint density at radius 3 is 2.58 bits per heavy atom. The van der Waals surface area contributed by atoms with Crippen molar-refractivity contribution in [3.8, 4) is 0 Å². The van der Waals surface area contributed by atoms with Crippen LogP contribution in [0.25, 0.3) is 10.8 Å². The summed E-state index contributed by atoms with van der Waals surface area (Å²) in [6.07, 6.45) is 0.227. The van der Waals surface area contributed by atoms with Crippen LogP contribution in [0.15, 0.2) is 42.5 Å². The molecule has 0 aliphatic rings. The summed E-state index contributed by atoms with van der Waals surface area (Å²) in [6, 6.07) is 13.3. The summed E-state index contributed by atoms with van der Waals surface area (Å²) < 4.78 is 4.84. The number of ether oxygens (including phenoxy) is 1. The third-order valence-electron chi connectivity index (χ3n) is 3.03. The Morgan fingerprint density at radius 1 is 1.05 bits per heavy atom. The Kier molecular flexibility index (Phi) is 4.42. The van der Waals surface area contributed by atoms with Gasteiger partial charge in [-0.1, -0.05) is 42.5 Å². The zero-order chi connectivity index (χ0) is 13.7. The number of carbonyl (C=O) groups excluding carboxylic acids is 2. The van der Waals surface area contributed by atoms with Crippen LogP contribution in [-0.4, -0.2) is 25.3 Å².